The maximum atomic E-state index is 12.9. The highest BCUT2D eigenvalue weighted by molar-refractivity contribution is 8.00. The van der Waals surface area contributed by atoms with Gasteiger partial charge in [-0.1, -0.05) is 23.7 Å². The monoisotopic (exact) mass is 340 g/mol. The fourth-order valence-corrected chi connectivity index (χ4v) is 5.28. The fraction of sp³-hybridized carbons (Fsp3) is 0.143. The van der Waals surface area contributed by atoms with E-state index in [1.54, 1.807) is 23.9 Å². The van der Waals surface area contributed by atoms with Gasteiger partial charge < -0.3 is 5.73 Å². The molecular weight excluding hydrogens is 328 g/mol. The molecule has 110 valence electrons. The Labute approximate surface area is 132 Å². The van der Waals surface area contributed by atoms with Crippen molar-refractivity contribution < 1.29 is 8.42 Å². The summed E-state index contributed by atoms with van der Waals surface area (Å²) in [5.41, 5.74) is 6.72. The molecule has 0 amide bonds. The molecule has 7 heteroatoms. The lowest BCUT2D eigenvalue weighted by atomic mass is 10.3. The summed E-state index contributed by atoms with van der Waals surface area (Å²) in [7, 11) is -3.72. The van der Waals surface area contributed by atoms with Crippen LogP contribution in [-0.4, -0.2) is 20.7 Å². The summed E-state index contributed by atoms with van der Waals surface area (Å²) < 4.78 is 27.2. The van der Waals surface area contributed by atoms with Gasteiger partial charge in [0, 0.05) is 22.2 Å². The van der Waals surface area contributed by atoms with Crippen LogP contribution in [0, 0.1) is 0 Å². The predicted molar refractivity (Wildman–Crippen MR) is 87.6 cm³/mol. The van der Waals surface area contributed by atoms with Crippen molar-refractivity contribution in [1.29, 1.82) is 0 Å². The number of para-hydroxylation sites is 1. The standard InChI is InChI=1S/C14H13ClN2O2S2/c15-10-5-6-11(16)14(9-10)21(18,19)17-7-8-20-13-4-2-1-3-12(13)17/h1-6,9H,7-8,16H2. The summed E-state index contributed by atoms with van der Waals surface area (Å²) in [6.07, 6.45) is 0. The number of benzene rings is 2. The molecule has 21 heavy (non-hydrogen) atoms. The van der Waals surface area contributed by atoms with Crippen LogP contribution in [0.15, 0.2) is 52.3 Å². The Balaban J connectivity index is 2.14. The van der Waals surface area contributed by atoms with E-state index in [1.807, 2.05) is 18.2 Å². The van der Waals surface area contributed by atoms with Gasteiger partial charge in [-0.2, -0.15) is 0 Å². The molecule has 0 fully saturated rings. The fourth-order valence-electron chi connectivity index (χ4n) is 2.24. The van der Waals surface area contributed by atoms with E-state index in [4.69, 9.17) is 17.3 Å². The van der Waals surface area contributed by atoms with Crippen LogP contribution in [0.3, 0.4) is 0 Å². The summed E-state index contributed by atoms with van der Waals surface area (Å²) in [5.74, 6) is 0.705. The quantitative estimate of drug-likeness (QED) is 0.852. The topological polar surface area (TPSA) is 63.4 Å². The Morgan fingerprint density at radius 3 is 2.76 bits per heavy atom. The molecular formula is C14H13ClN2O2S2. The summed E-state index contributed by atoms with van der Waals surface area (Å²) in [6.45, 7) is 0.413. The van der Waals surface area contributed by atoms with Crippen LogP contribution >= 0.6 is 23.4 Å². The van der Waals surface area contributed by atoms with E-state index in [9.17, 15) is 8.42 Å². The average Bonchev–Trinajstić information content (AvgIpc) is 2.49. The average molecular weight is 341 g/mol. The van der Waals surface area contributed by atoms with Crippen molar-refractivity contribution in [3.8, 4) is 0 Å². The first kappa shape index (κ1) is 14.6. The van der Waals surface area contributed by atoms with Crippen LogP contribution in [-0.2, 0) is 10.0 Å². The zero-order valence-corrected chi connectivity index (χ0v) is 13.4. The number of sulfonamides is 1. The molecule has 2 aromatic rings. The number of thioether (sulfide) groups is 1. The summed E-state index contributed by atoms with van der Waals surface area (Å²) in [4.78, 5) is 1.00. The van der Waals surface area contributed by atoms with Gasteiger partial charge in [-0.05, 0) is 30.3 Å². The Bertz CT molecular complexity index is 793. The third-order valence-electron chi connectivity index (χ3n) is 3.23. The Kier molecular flexibility index (Phi) is 3.77. The molecule has 1 aliphatic heterocycles. The third kappa shape index (κ3) is 2.59. The lowest BCUT2D eigenvalue weighted by molar-refractivity contribution is 0.592. The number of anilines is 2. The second-order valence-electron chi connectivity index (χ2n) is 4.58. The summed E-state index contributed by atoms with van der Waals surface area (Å²) >= 11 is 7.57. The number of nitrogens with zero attached hydrogens (tertiary/aromatic N) is 1. The van der Waals surface area contributed by atoms with Gasteiger partial charge in [0.1, 0.15) is 4.90 Å². The van der Waals surface area contributed by atoms with Crippen LogP contribution in [0.4, 0.5) is 11.4 Å². The second kappa shape index (κ2) is 5.44. The molecule has 0 saturated carbocycles. The highest BCUT2D eigenvalue weighted by atomic mass is 35.5. The lowest BCUT2D eigenvalue weighted by Crippen LogP contribution is -2.35. The van der Waals surface area contributed by atoms with Crippen LogP contribution in [0.2, 0.25) is 5.02 Å². The molecule has 2 N–H and O–H groups in total. The number of nitrogens with two attached hydrogens (primary N) is 1. The number of halogens is 1. The maximum Gasteiger partial charge on any atom is 0.266 e. The molecule has 0 bridgehead atoms. The van der Waals surface area contributed by atoms with Crippen molar-refractivity contribution in [1.82, 2.24) is 0 Å². The van der Waals surface area contributed by atoms with Crippen LogP contribution in [0.25, 0.3) is 0 Å². The van der Waals surface area contributed by atoms with Gasteiger partial charge in [0.25, 0.3) is 10.0 Å². The molecule has 2 aromatic carbocycles. The third-order valence-corrected chi connectivity index (χ3v) is 6.38. The molecule has 1 heterocycles. The molecule has 0 aromatic heterocycles. The van der Waals surface area contributed by atoms with Crippen LogP contribution < -0.4 is 10.0 Å². The van der Waals surface area contributed by atoms with E-state index in [-0.39, 0.29) is 10.6 Å². The summed E-state index contributed by atoms with van der Waals surface area (Å²) in [6, 6.07) is 11.9. The van der Waals surface area contributed by atoms with Crippen molar-refractivity contribution >= 4 is 44.8 Å². The molecule has 0 radical (unpaired) electrons. The van der Waals surface area contributed by atoms with E-state index >= 15 is 0 Å². The van der Waals surface area contributed by atoms with Gasteiger partial charge in [0.05, 0.1) is 11.4 Å². The summed E-state index contributed by atoms with van der Waals surface area (Å²) in [5, 5.41) is 0.349. The minimum Gasteiger partial charge on any atom is -0.398 e. The number of rotatable bonds is 2. The zero-order valence-electron chi connectivity index (χ0n) is 11.0. The molecule has 1 aliphatic rings. The normalized spacial score (nSPS) is 14.8. The number of hydrogen-bond acceptors (Lipinski definition) is 4. The molecule has 4 nitrogen and oxygen atoms in total. The molecule has 0 unspecified atom stereocenters. The second-order valence-corrected chi connectivity index (χ2v) is 7.98. The zero-order chi connectivity index (χ0) is 15.0. The van der Waals surface area contributed by atoms with Crippen molar-refractivity contribution in [2.75, 3.05) is 22.3 Å². The SMILES string of the molecule is Nc1ccc(Cl)cc1S(=O)(=O)N1CCSc2ccccc21. The number of hydrogen-bond donors (Lipinski definition) is 1. The Morgan fingerprint density at radius 1 is 1.19 bits per heavy atom. The van der Waals surface area contributed by atoms with Gasteiger partial charge in [-0.25, -0.2) is 8.42 Å². The molecule has 0 aliphatic carbocycles. The maximum absolute atomic E-state index is 12.9. The largest absolute Gasteiger partial charge is 0.398 e. The van der Waals surface area contributed by atoms with Gasteiger partial charge in [-0.3, -0.25) is 4.31 Å². The van der Waals surface area contributed by atoms with E-state index in [2.05, 4.69) is 0 Å². The molecule has 3 rings (SSSR count). The Hall–Kier alpha value is -1.37. The number of nitrogen functional groups attached to an aromatic ring is 1. The van der Waals surface area contributed by atoms with Crippen LogP contribution in [0.5, 0.6) is 0 Å². The van der Waals surface area contributed by atoms with E-state index in [0.29, 0.717) is 23.0 Å². The minimum absolute atomic E-state index is 0.0525. The highest BCUT2D eigenvalue weighted by Gasteiger charge is 2.30. The van der Waals surface area contributed by atoms with Crippen molar-refractivity contribution in [3.05, 3.63) is 47.5 Å². The van der Waals surface area contributed by atoms with Gasteiger partial charge in [-0.15, -0.1) is 11.8 Å². The molecule has 0 atom stereocenters. The van der Waals surface area contributed by atoms with E-state index in [1.165, 1.54) is 16.4 Å². The van der Waals surface area contributed by atoms with Crippen molar-refractivity contribution in [2.45, 2.75) is 9.79 Å². The molecule has 0 saturated heterocycles. The predicted octanol–water partition coefficient (Wildman–Crippen LogP) is 3.22. The first-order chi connectivity index (χ1) is 10.00. The molecule has 0 spiro atoms. The minimum atomic E-state index is -3.72. The van der Waals surface area contributed by atoms with E-state index < -0.39 is 10.0 Å². The highest BCUT2D eigenvalue weighted by Crippen LogP contribution is 2.38. The lowest BCUT2D eigenvalue weighted by Gasteiger charge is -2.30. The smallest absolute Gasteiger partial charge is 0.266 e. The van der Waals surface area contributed by atoms with Gasteiger partial charge >= 0.3 is 0 Å². The van der Waals surface area contributed by atoms with Crippen molar-refractivity contribution in [2.24, 2.45) is 0 Å². The van der Waals surface area contributed by atoms with Crippen molar-refractivity contribution in [3.63, 3.8) is 0 Å². The number of fused-ring (bicyclic) bond motifs is 1. The van der Waals surface area contributed by atoms with E-state index in [0.717, 1.165) is 4.90 Å². The Morgan fingerprint density at radius 2 is 1.95 bits per heavy atom. The van der Waals surface area contributed by atoms with Gasteiger partial charge in [0.2, 0.25) is 0 Å². The first-order valence-electron chi connectivity index (χ1n) is 6.30. The van der Waals surface area contributed by atoms with Gasteiger partial charge in [0.15, 0.2) is 0 Å². The van der Waals surface area contributed by atoms with Crippen LogP contribution in [0.1, 0.15) is 0 Å². The first-order valence-corrected chi connectivity index (χ1v) is 9.10.